The van der Waals surface area contributed by atoms with Gasteiger partial charge in [-0.3, -0.25) is 4.79 Å². The highest BCUT2D eigenvalue weighted by Gasteiger charge is 2.15. The molecule has 0 fully saturated rings. The van der Waals surface area contributed by atoms with Crippen LogP contribution < -0.4 is 4.74 Å². The summed E-state index contributed by atoms with van der Waals surface area (Å²) in [5, 5.41) is 0. The van der Waals surface area contributed by atoms with Crippen LogP contribution in [-0.4, -0.2) is 44.1 Å². The molecule has 0 bridgehead atoms. The molecule has 0 aromatic heterocycles. The van der Waals surface area contributed by atoms with Crippen LogP contribution in [0.5, 0.6) is 5.75 Å². The van der Waals surface area contributed by atoms with Gasteiger partial charge < -0.3 is 14.4 Å². The smallest absolute Gasteiger partial charge is 0.349 e. The molecular formula is C13H17NO4. The summed E-state index contributed by atoms with van der Waals surface area (Å²) in [6, 6.07) is 6.69. The molecule has 1 aromatic carbocycles. The number of esters is 2. The molecule has 0 aliphatic rings. The van der Waals surface area contributed by atoms with Crippen molar-refractivity contribution in [3.05, 3.63) is 29.8 Å². The van der Waals surface area contributed by atoms with Gasteiger partial charge in [0.25, 0.3) is 0 Å². The molecular weight excluding hydrogens is 234 g/mol. The predicted molar refractivity (Wildman–Crippen MR) is 66.6 cm³/mol. The topological polar surface area (TPSA) is 55.8 Å². The molecule has 0 radical (unpaired) electrons. The maximum atomic E-state index is 11.6. The van der Waals surface area contributed by atoms with Crippen molar-refractivity contribution >= 4 is 11.9 Å². The zero-order valence-corrected chi connectivity index (χ0v) is 10.8. The summed E-state index contributed by atoms with van der Waals surface area (Å²) in [5.41, 5.74) is 0.256. The van der Waals surface area contributed by atoms with Crippen molar-refractivity contribution in [3.8, 4) is 5.75 Å². The second kappa shape index (κ2) is 6.76. The Hall–Kier alpha value is -1.88. The van der Waals surface area contributed by atoms with E-state index < -0.39 is 11.9 Å². The molecule has 0 aliphatic carbocycles. The summed E-state index contributed by atoms with van der Waals surface area (Å²) < 4.78 is 10.0. The van der Waals surface area contributed by atoms with Crippen LogP contribution in [0.4, 0.5) is 0 Å². The van der Waals surface area contributed by atoms with Gasteiger partial charge in [0.05, 0.1) is 0 Å². The van der Waals surface area contributed by atoms with Crippen molar-refractivity contribution in [2.24, 2.45) is 0 Å². The van der Waals surface area contributed by atoms with Crippen LogP contribution in [0.25, 0.3) is 0 Å². The summed E-state index contributed by atoms with van der Waals surface area (Å²) in [6.45, 7) is 2.38. The molecule has 18 heavy (non-hydrogen) atoms. The molecule has 0 saturated carbocycles. The average molecular weight is 251 g/mol. The summed E-state index contributed by atoms with van der Waals surface area (Å²) in [5.74, 6) is -0.906. The Kier molecular flexibility index (Phi) is 5.32. The molecule has 0 unspecified atom stereocenters. The molecule has 1 rings (SSSR count). The van der Waals surface area contributed by atoms with Crippen LogP contribution in [0.15, 0.2) is 24.3 Å². The number of nitrogens with zero attached hydrogens (tertiary/aromatic N) is 1. The number of para-hydroxylation sites is 1. The van der Waals surface area contributed by atoms with Crippen LogP contribution in [0, 0.1) is 0 Å². The van der Waals surface area contributed by atoms with E-state index in [9.17, 15) is 9.59 Å². The van der Waals surface area contributed by atoms with Gasteiger partial charge >= 0.3 is 11.9 Å². The van der Waals surface area contributed by atoms with Crippen LogP contribution in [0.2, 0.25) is 0 Å². The Bertz CT molecular complexity index is 429. The standard InChI is InChI=1S/C13H17NO4/c1-10(15)18-13(16)11-6-4-5-7-12(11)17-9-8-14(2)3/h4-7H,8-9H2,1-3H3. The lowest BCUT2D eigenvalue weighted by Crippen LogP contribution is -2.20. The molecule has 1 aromatic rings. The SMILES string of the molecule is CC(=O)OC(=O)c1ccccc1OCCN(C)C. The first-order chi connectivity index (χ1) is 8.50. The highest BCUT2D eigenvalue weighted by molar-refractivity contribution is 5.98. The summed E-state index contributed by atoms with van der Waals surface area (Å²) >= 11 is 0. The fourth-order valence-electron chi connectivity index (χ4n) is 1.28. The number of rotatable bonds is 5. The van der Waals surface area contributed by atoms with Gasteiger partial charge in [-0.15, -0.1) is 0 Å². The lowest BCUT2D eigenvalue weighted by molar-refractivity contribution is -0.135. The lowest BCUT2D eigenvalue weighted by Gasteiger charge is -2.13. The van der Waals surface area contributed by atoms with Crippen LogP contribution >= 0.6 is 0 Å². The largest absolute Gasteiger partial charge is 0.491 e. The molecule has 5 nitrogen and oxygen atoms in total. The molecule has 0 amide bonds. The van der Waals surface area contributed by atoms with E-state index in [1.807, 2.05) is 19.0 Å². The Morgan fingerprint density at radius 3 is 2.50 bits per heavy atom. The fourth-order valence-corrected chi connectivity index (χ4v) is 1.28. The van der Waals surface area contributed by atoms with E-state index in [-0.39, 0.29) is 5.56 Å². The average Bonchev–Trinajstić information content (AvgIpc) is 2.28. The number of likely N-dealkylation sites (N-methyl/N-ethyl adjacent to an activating group) is 1. The van der Waals surface area contributed by atoms with Crippen molar-refractivity contribution in [3.63, 3.8) is 0 Å². The van der Waals surface area contributed by atoms with Crippen LogP contribution in [0.1, 0.15) is 17.3 Å². The van der Waals surface area contributed by atoms with E-state index in [4.69, 9.17) is 4.74 Å². The number of hydrogen-bond acceptors (Lipinski definition) is 5. The van der Waals surface area contributed by atoms with Gasteiger partial charge in [-0.05, 0) is 26.2 Å². The Morgan fingerprint density at radius 1 is 1.22 bits per heavy atom. The minimum Gasteiger partial charge on any atom is -0.491 e. The second-order valence-corrected chi connectivity index (χ2v) is 4.03. The molecule has 0 N–H and O–H groups in total. The van der Waals surface area contributed by atoms with Crippen molar-refractivity contribution < 1.29 is 19.1 Å². The number of benzene rings is 1. The third-order valence-corrected chi connectivity index (χ3v) is 2.14. The Morgan fingerprint density at radius 2 is 1.89 bits per heavy atom. The molecule has 0 saturated heterocycles. The van der Waals surface area contributed by atoms with E-state index in [1.165, 1.54) is 6.92 Å². The van der Waals surface area contributed by atoms with E-state index in [1.54, 1.807) is 24.3 Å². The number of ether oxygens (including phenoxy) is 2. The van der Waals surface area contributed by atoms with Gasteiger partial charge in [0.1, 0.15) is 17.9 Å². The highest BCUT2D eigenvalue weighted by atomic mass is 16.6. The zero-order chi connectivity index (χ0) is 13.5. The Labute approximate surface area is 106 Å². The maximum Gasteiger partial charge on any atom is 0.349 e. The quantitative estimate of drug-likeness (QED) is 0.583. The number of carbonyl (C=O) groups is 2. The molecule has 0 heterocycles. The predicted octanol–water partition coefficient (Wildman–Crippen LogP) is 1.33. The lowest BCUT2D eigenvalue weighted by atomic mass is 10.2. The molecule has 0 spiro atoms. The number of hydrogen-bond donors (Lipinski definition) is 0. The van der Waals surface area contributed by atoms with E-state index in [0.717, 1.165) is 6.54 Å². The van der Waals surface area contributed by atoms with Gasteiger partial charge in [-0.2, -0.15) is 0 Å². The molecule has 5 heteroatoms. The Balaban J connectivity index is 2.73. The summed E-state index contributed by atoms with van der Waals surface area (Å²) in [4.78, 5) is 24.4. The normalized spacial score (nSPS) is 10.2. The van der Waals surface area contributed by atoms with E-state index in [0.29, 0.717) is 12.4 Å². The monoisotopic (exact) mass is 251 g/mol. The minimum atomic E-state index is -0.692. The van der Waals surface area contributed by atoms with Gasteiger partial charge in [0, 0.05) is 13.5 Å². The van der Waals surface area contributed by atoms with Crippen LogP contribution in [-0.2, 0) is 9.53 Å². The summed E-state index contributed by atoms with van der Waals surface area (Å²) in [7, 11) is 3.86. The van der Waals surface area contributed by atoms with Crippen molar-refractivity contribution in [2.75, 3.05) is 27.2 Å². The molecule has 0 aliphatic heterocycles. The third kappa shape index (κ3) is 4.55. The zero-order valence-electron chi connectivity index (χ0n) is 10.8. The van der Waals surface area contributed by atoms with Gasteiger partial charge in [-0.1, -0.05) is 12.1 Å². The first-order valence-corrected chi connectivity index (χ1v) is 5.60. The third-order valence-electron chi connectivity index (χ3n) is 2.14. The first-order valence-electron chi connectivity index (χ1n) is 5.60. The highest BCUT2D eigenvalue weighted by Crippen LogP contribution is 2.18. The fraction of sp³-hybridized carbons (Fsp3) is 0.385. The van der Waals surface area contributed by atoms with E-state index >= 15 is 0 Å². The first kappa shape index (κ1) is 14.2. The van der Waals surface area contributed by atoms with Crippen molar-refractivity contribution in [1.82, 2.24) is 4.90 Å². The van der Waals surface area contributed by atoms with Gasteiger partial charge in [0.2, 0.25) is 0 Å². The van der Waals surface area contributed by atoms with Gasteiger partial charge in [0.15, 0.2) is 0 Å². The minimum absolute atomic E-state index is 0.256. The molecule has 0 atom stereocenters. The summed E-state index contributed by atoms with van der Waals surface area (Å²) in [6.07, 6.45) is 0. The maximum absolute atomic E-state index is 11.6. The van der Waals surface area contributed by atoms with Gasteiger partial charge in [-0.25, -0.2) is 4.79 Å². The van der Waals surface area contributed by atoms with E-state index in [2.05, 4.69) is 4.74 Å². The van der Waals surface area contributed by atoms with Crippen LogP contribution in [0.3, 0.4) is 0 Å². The van der Waals surface area contributed by atoms with Crippen molar-refractivity contribution in [2.45, 2.75) is 6.92 Å². The molecule has 98 valence electrons. The van der Waals surface area contributed by atoms with Crippen molar-refractivity contribution in [1.29, 1.82) is 0 Å². The second-order valence-electron chi connectivity index (χ2n) is 4.03. The number of carbonyl (C=O) groups excluding carboxylic acids is 2.